The van der Waals surface area contributed by atoms with Gasteiger partial charge < -0.3 is 9.67 Å². The minimum Gasteiger partial charge on any atom is -0.478 e. The Hall–Kier alpha value is -4.07. The number of hydrogen-bond acceptors (Lipinski definition) is 5. The average Bonchev–Trinajstić information content (AvgIpc) is 3.60. The van der Waals surface area contributed by atoms with Gasteiger partial charge in [0.2, 0.25) is 5.82 Å². The van der Waals surface area contributed by atoms with Crippen LogP contribution < -0.4 is 0 Å². The fraction of sp³-hybridized carbons (Fsp3) is 0.367. The summed E-state index contributed by atoms with van der Waals surface area (Å²) < 4.78 is 2.35. The van der Waals surface area contributed by atoms with Crippen LogP contribution in [-0.2, 0) is 17.6 Å². The highest BCUT2D eigenvalue weighted by Crippen LogP contribution is 2.41. The van der Waals surface area contributed by atoms with E-state index in [1.165, 1.54) is 11.6 Å². The number of carboxylic acid groups (broad SMARTS) is 1. The van der Waals surface area contributed by atoms with Crippen molar-refractivity contribution in [3.05, 3.63) is 77.4 Å². The van der Waals surface area contributed by atoms with Gasteiger partial charge in [-0.05, 0) is 59.6 Å². The van der Waals surface area contributed by atoms with Crippen molar-refractivity contribution in [2.24, 2.45) is 0 Å². The molecular weight excluding hydrogens is 476 g/mol. The van der Waals surface area contributed by atoms with E-state index in [1.54, 1.807) is 0 Å². The van der Waals surface area contributed by atoms with E-state index in [4.69, 9.17) is 4.98 Å². The number of nitrogens with zero attached hydrogens (tertiary/aromatic N) is 5. The van der Waals surface area contributed by atoms with E-state index in [1.807, 2.05) is 18.2 Å². The second-order valence-corrected chi connectivity index (χ2v) is 9.87. The molecule has 0 aliphatic carbocycles. The Balaban J connectivity index is 1.56. The van der Waals surface area contributed by atoms with Crippen molar-refractivity contribution in [3.63, 3.8) is 0 Å². The van der Waals surface area contributed by atoms with Crippen LogP contribution in [0.4, 0.5) is 0 Å². The average molecular weight is 511 g/mol. The van der Waals surface area contributed by atoms with Gasteiger partial charge >= 0.3 is 5.97 Å². The van der Waals surface area contributed by atoms with Crippen LogP contribution in [0.5, 0.6) is 0 Å². The Bertz CT molecular complexity index is 1420. The first-order chi connectivity index (χ1) is 18.6. The summed E-state index contributed by atoms with van der Waals surface area (Å²) in [6, 6.07) is 16.9. The number of rotatable bonds is 10. The summed E-state index contributed by atoms with van der Waals surface area (Å²) in [4.78, 5) is 16.8. The number of tetrazole rings is 1. The fourth-order valence-electron chi connectivity index (χ4n) is 5.47. The minimum atomic E-state index is -0.896. The number of fused-ring (bicyclic) bond motifs is 1. The molecule has 0 amide bonds. The number of aromatic nitrogens is 6. The van der Waals surface area contributed by atoms with Gasteiger partial charge in [-0.2, -0.15) is 5.21 Å². The van der Waals surface area contributed by atoms with Gasteiger partial charge in [-0.1, -0.05) is 75.2 Å². The lowest BCUT2D eigenvalue weighted by molar-refractivity contribution is -0.131. The lowest BCUT2D eigenvalue weighted by Gasteiger charge is -2.30. The van der Waals surface area contributed by atoms with Crippen LogP contribution in [0.1, 0.15) is 81.2 Å². The van der Waals surface area contributed by atoms with Crippen molar-refractivity contribution < 1.29 is 9.90 Å². The molecule has 0 spiro atoms. The third-order valence-electron chi connectivity index (χ3n) is 7.30. The first-order valence-corrected chi connectivity index (χ1v) is 13.6. The maximum Gasteiger partial charge on any atom is 0.328 e. The van der Waals surface area contributed by atoms with E-state index in [0.717, 1.165) is 90.8 Å². The standard InChI is InChI=1S/C30H34N6O2/c1-3-5-11-25-29-22(19-28(37)38)17-18-26(36(29)27(31-25)12-6-4-2)21-15-13-20(14-16-21)23-9-7-8-10-24(23)30-32-34-35-33-30/h7-10,13-16,19,26H,3-6,11-12,17-18H2,1-2H3,(H,37,38)(H,32,33,34,35). The van der Waals surface area contributed by atoms with E-state index < -0.39 is 5.97 Å². The summed E-state index contributed by atoms with van der Waals surface area (Å²) in [6.07, 6.45) is 8.97. The van der Waals surface area contributed by atoms with Gasteiger partial charge in [-0.3, -0.25) is 0 Å². The van der Waals surface area contributed by atoms with Crippen molar-refractivity contribution in [2.45, 2.75) is 71.3 Å². The summed E-state index contributed by atoms with van der Waals surface area (Å²) in [7, 11) is 0. The summed E-state index contributed by atoms with van der Waals surface area (Å²) in [5, 5.41) is 24.2. The molecule has 2 aromatic heterocycles. The topological polar surface area (TPSA) is 110 Å². The van der Waals surface area contributed by atoms with Crippen molar-refractivity contribution in [3.8, 4) is 22.5 Å². The van der Waals surface area contributed by atoms with Gasteiger partial charge in [-0.15, -0.1) is 10.2 Å². The number of aryl methyl sites for hydroxylation is 2. The number of unbranched alkanes of at least 4 members (excludes halogenated alkanes) is 2. The quantitative estimate of drug-likeness (QED) is 0.244. The van der Waals surface area contributed by atoms with Crippen LogP contribution in [0, 0.1) is 0 Å². The van der Waals surface area contributed by atoms with Crippen LogP contribution >= 0.6 is 0 Å². The maximum atomic E-state index is 11.7. The van der Waals surface area contributed by atoms with Gasteiger partial charge in [0, 0.05) is 18.1 Å². The zero-order chi connectivity index (χ0) is 26.5. The number of hydrogen-bond donors (Lipinski definition) is 2. The number of aliphatic carboxylic acids is 1. The first-order valence-electron chi connectivity index (χ1n) is 13.6. The van der Waals surface area contributed by atoms with E-state index in [0.29, 0.717) is 5.82 Å². The molecule has 1 atom stereocenters. The van der Waals surface area contributed by atoms with Gasteiger partial charge in [0.05, 0.1) is 17.4 Å². The molecule has 0 bridgehead atoms. The van der Waals surface area contributed by atoms with E-state index in [2.05, 4.69) is 69.4 Å². The fourth-order valence-corrected chi connectivity index (χ4v) is 5.47. The Morgan fingerprint density at radius 1 is 1.05 bits per heavy atom. The maximum absolute atomic E-state index is 11.7. The second-order valence-electron chi connectivity index (χ2n) is 9.87. The molecule has 0 saturated heterocycles. The van der Waals surface area contributed by atoms with Crippen LogP contribution in [0.15, 0.2) is 54.6 Å². The molecule has 1 aliphatic heterocycles. The SMILES string of the molecule is CCCCc1nc(CCCC)n2c1C(=CC(=O)O)CCC2c1ccc(-c2ccccc2-c2nn[nH]n2)cc1. The van der Waals surface area contributed by atoms with Crippen molar-refractivity contribution >= 4 is 11.5 Å². The number of imidazole rings is 1. The molecule has 2 N–H and O–H groups in total. The number of benzene rings is 2. The number of carboxylic acids is 1. The second kappa shape index (κ2) is 11.5. The largest absolute Gasteiger partial charge is 0.478 e. The Morgan fingerprint density at radius 2 is 1.79 bits per heavy atom. The lowest BCUT2D eigenvalue weighted by atomic mass is 9.89. The Labute approximate surface area is 222 Å². The smallest absolute Gasteiger partial charge is 0.328 e. The Morgan fingerprint density at radius 3 is 2.47 bits per heavy atom. The van der Waals surface area contributed by atoms with Gasteiger partial charge in [0.1, 0.15) is 5.82 Å². The zero-order valence-corrected chi connectivity index (χ0v) is 22.0. The highest BCUT2D eigenvalue weighted by molar-refractivity contribution is 5.90. The number of nitrogens with one attached hydrogen (secondary N) is 1. The Kier molecular flexibility index (Phi) is 7.77. The molecule has 4 aromatic rings. The molecular formula is C30H34N6O2. The predicted octanol–water partition coefficient (Wildman–Crippen LogP) is 6.27. The van der Waals surface area contributed by atoms with E-state index in [-0.39, 0.29) is 6.04 Å². The van der Waals surface area contributed by atoms with Crippen molar-refractivity contribution in [1.29, 1.82) is 0 Å². The number of allylic oxidation sites excluding steroid dienone is 1. The number of aromatic amines is 1. The van der Waals surface area contributed by atoms with Crippen LogP contribution in [0.2, 0.25) is 0 Å². The monoisotopic (exact) mass is 510 g/mol. The van der Waals surface area contributed by atoms with Crippen LogP contribution in [0.3, 0.4) is 0 Å². The van der Waals surface area contributed by atoms with Crippen molar-refractivity contribution in [1.82, 2.24) is 30.2 Å². The highest BCUT2D eigenvalue weighted by Gasteiger charge is 2.31. The lowest BCUT2D eigenvalue weighted by Crippen LogP contribution is -2.21. The molecule has 0 fully saturated rings. The molecule has 196 valence electrons. The van der Waals surface area contributed by atoms with E-state index >= 15 is 0 Å². The van der Waals surface area contributed by atoms with Gasteiger partial charge in [0.15, 0.2) is 0 Å². The highest BCUT2D eigenvalue weighted by atomic mass is 16.4. The predicted molar refractivity (Wildman–Crippen MR) is 147 cm³/mol. The van der Waals surface area contributed by atoms with Crippen LogP contribution in [-0.4, -0.2) is 41.3 Å². The molecule has 1 unspecified atom stereocenters. The molecule has 5 rings (SSSR count). The molecule has 0 radical (unpaired) electrons. The zero-order valence-electron chi connectivity index (χ0n) is 22.0. The number of H-pyrrole nitrogens is 1. The summed E-state index contributed by atoms with van der Waals surface area (Å²) >= 11 is 0. The molecule has 2 aromatic carbocycles. The van der Waals surface area contributed by atoms with Crippen LogP contribution in [0.25, 0.3) is 28.1 Å². The summed E-state index contributed by atoms with van der Waals surface area (Å²) in [6.45, 7) is 4.37. The molecule has 8 nitrogen and oxygen atoms in total. The normalized spacial score (nSPS) is 16.1. The molecule has 3 heterocycles. The molecule has 0 saturated carbocycles. The first kappa shape index (κ1) is 25.6. The third kappa shape index (κ3) is 5.16. The molecule has 38 heavy (non-hydrogen) atoms. The van der Waals surface area contributed by atoms with Gasteiger partial charge in [0.25, 0.3) is 0 Å². The molecule has 1 aliphatic rings. The minimum absolute atomic E-state index is 0.118. The van der Waals surface area contributed by atoms with Gasteiger partial charge in [-0.25, -0.2) is 9.78 Å². The number of carbonyl (C=O) groups is 1. The third-order valence-corrected chi connectivity index (χ3v) is 7.30. The summed E-state index contributed by atoms with van der Waals surface area (Å²) in [5.41, 5.74) is 7.21. The molecule has 8 heteroatoms. The summed E-state index contributed by atoms with van der Waals surface area (Å²) in [5.74, 6) is 0.741. The van der Waals surface area contributed by atoms with Crippen molar-refractivity contribution in [2.75, 3.05) is 0 Å². The van der Waals surface area contributed by atoms with E-state index in [9.17, 15) is 9.90 Å².